The maximum atomic E-state index is 10.6. The summed E-state index contributed by atoms with van der Waals surface area (Å²) in [5.74, 6) is 0. The molecule has 0 aliphatic heterocycles. The Morgan fingerprint density at radius 1 is 0.941 bits per heavy atom. The Bertz CT molecular complexity index is 184. The van der Waals surface area contributed by atoms with E-state index in [9.17, 15) is 9.59 Å². The first-order valence-corrected chi connectivity index (χ1v) is 4.05. The number of aliphatic hydroxyl groups is 2. The summed E-state index contributed by atoms with van der Waals surface area (Å²) in [6, 6.07) is 0. The average molecular weight is 251 g/mol. The number of aliphatic hydroxyl groups excluding tert-OH is 2. The van der Waals surface area contributed by atoms with E-state index in [4.69, 9.17) is 10.2 Å². The van der Waals surface area contributed by atoms with Gasteiger partial charge in [-0.15, -0.1) is 0 Å². The van der Waals surface area contributed by atoms with Gasteiger partial charge in [0.25, 0.3) is 0 Å². The molecule has 4 N–H and O–H groups in total. The van der Waals surface area contributed by atoms with Gasteiger partial charge in [0.15, 0.2) is 20.9 Å². The first-order chi connectivity index (χ1) is 7.20. The van der Waals surface area contributed by atoms with Gasteiger partial charge in [0, 0.05) is 0 Å². The number of rotatable bonds is 6. The van der Waals surface area contributed by atoms with Crippen molar-refractivity contribution in [3.8, 4) is 0 Å². The van der Waals surface area contributed by atoms with Crippen molar-refractivity contribution < 1.29 is 29.3 Å². The third-order valence-corrected chi connectivity index (χ3v) is 1.17. The molecule has 0 saturated heterocycles. The van der Waals surface area contributed by atoms with Crippen LogP contribution in [-0.4, -0.2) is 56.2 Å². The van der Waals surface area contributed by atoms with E-state index < -0.39 is 25.8 Å². The van der Waals surface area contributed by atoms with Gasteiger partial charge in [-0.3, -0.25) is 0 Å². The lowest BCUT2D eigenvalue weighted by molar-refractivity contribution is 0.0445. The van der Waals surface area contributed by atoms with Gasteiger partial charge in [-0.2, -0.15) is 0 Å². The van der Waals surface area contributed by atoms with Gasteiger partial charge in [-0.05, 0) is 12.9 Å². The van der Waals surface area contributed by atoms with E-state index in [1.807, 2.05) is 0 Å². The predicted octanol–water partition coefficient (Wildman–Crippen LogP) is -0.770. The number of hydrogen-bond donors (Lipinski definition) is 4. The summed E-state index contributed by atoms with van der Waals surface area (Å²) >= 11 is 0. The van der Waals surface area contributed by atoms with Gasteiger partial charge in [0.05, 0.1) is 0 Å². The van der Waals surface area contributed by atoms with Crippen LogP contribution < -0.4 is 10.6 Å². The fourth-order valence-electron chi connectivity index (χ4n) is 0.602. The highest BCUT2D eigenvalue weighted by molar-refractivity contribution is 6.36. The lowest BCUT2D eigenvalue weighted by atomic mass is 9.79. The molecule has 2 amide bonds. The molecule has 0 unspecified atom stereocenters. The summed E-state index contributed by atoms with van der Waals surface area (Å²) in [4.78, 5) is 21.2. The monoisotopic (exact) mass is 251 g/mol. The van der Waals surface area contributed by atoms with Crippen molar-refractivity contribution in [1.82, 2.24) is 10.6 Å². The van der Waals surface area contributed by atoms with E-state index in [1.54, 1.807) is 0 Å². The van der Waals surface area contributed by atoms with Gasteiger partial charge in [0.1, 0.15) is 0 Å². The third-order valence-electron chi connectivity index (χ3n) is 1.17. The number of alkyl carbamates (subject to hydrolysis) is 2. The molecule has 0 heterocycles. The van der Waals surface area contributed by atoms with Crippen LogP contribution >= 0.6 is 0 Å². The molecular formula is C8H20BN2O6. The zero-order chi connectivity index (χ0) is 11.5. The topological polar surface area (TPSA) is 117 Å². The van der Waals surface area contributed by atoms with E-state index in [1.165, 1.54) is 7.28 Å². The van der Waals surface area contributed by atoms with Crippen LogP contribution in [0.15, 0.2) is 0 Å². The van der Waals surface area contributed by atoms with Crippen LogP contribution in [0.5, 0.6) is 0 Å². The summed E-state index contributed by atoms with van der Waals surface area (Å²) in [5.41, 5.74) is 0. The normalized spacial score (nSPS) is 7.88. The molecule has 9 heteroatoms. The molecule has 17 heavy (non-hydrogen) atoms. The molecule has 0 saturated carbocycles. The van der Waals surface area contributed by atoms with Gasteiger partial charge in [0.2, 0.25) is 0 Å². The summed E-state index contributed by atoms with van der Waals surface area (Å²) in [7, 11) is 1.53. The van der Waals surface area contributed by atoms with Crippen molar-refractivity contribution in [3.63, 3.8) is 0 Å². The summed E-state index contributed by atoms with van der Waals surface area (Å²) in [6.07, 6.45) is -1.19. The predicted molar refractivity (Wildman–Crippen MR) is 62.4 cm³/mol. The fourth-order valence-corrected chi connectivity index (χ4v) is 0.602. The van der Waals surface area contributed by atoms with Crippen LogP contribution in [0.2, 0.25) is 0 Å². The Balaban J connectivity index is -0.000000980. The Kier molecular flexibility index (Phi) is 17.8. The van der Waals surface area contributed by atoms with Crippen LogP contribution in [0.25, 0.3) is 0 Å². The zero-order valence-corrected chi connectivity index (χ0v) is 7.93. The lowest BCUT2D eigenvalue weighted by Gasteiger charge is -2.05. The molecule has 8 nitrogen and oxygen atoms in total. The molecule has 101 valence electrons. The van der Waals surface area contributed by atoms with E-state index in [0.717, 1.165) is 0 Å². The summed E-state index contributed by atoms with van der Waals surface area (Å²) < 4.78 is 8.30. The second kappa shape index (κ2) is 14.5. The maximum absolute atomic E-state index is 10.6. The minimum atomic E-state index is -0.758. The van der Waals surface area contributed by atoms with Crippen LogP contribution in [0.1, 0.15) is 14.9 Å². The highest BCUT2D eigenvalue weighted by Crippen LogP contribution is 1.74. The molecule has 1 radical (unpaired) electrons. The molecule has 0 fully saturated rings. The first kappa shape index (κ1) is 20.9. The van der Waals surface area contributed by atoms with Crippen molar-refractivity contribution in [1.29, 1.82) is 0 Å². The maximum Gasteiger partial charge on any atom is 0.408 e. The number of nitrogens with one attached hydrogen (secondary N) is 2. The molecular weight excluding hydrogens is 231 g/mol. The average Bonchev–Trinajstić information content (AvgIpc) is 2.18. The Morgan fingerprint density at radius 2 is 1.29 bits per heavy atom. The summed E-state index contributed by atoms with van der Waals surface area (Å²) in [5, 5.41) is 20.9. The van der Waals surface area contributed by atoms with E-state index in [-0.39, 0.29) is 27.7 Å². The van der Waals surface area contributed by atoms with Gasteiger partial charge in [-0.25, -0.2) is 9.59 Å². The highest BCUT2D eigenvalue weighted by Gasteiger charge is 2.02. The molecule has 0 atom stereocenters. The second-order valence-electron chi connectivity index (χ2n) is 2.17. The Hall–Kier alpha value is -1.48. The number of amides is 2. The van der Waals surface area contributed by atoms with E-state index in [0.29, 0.717) is 0 Å². The molecule has 0 aromatic heterocycles. The molecule has 0 aliphatic carbocycles. The molecule has 0 bridgehead atoms. The third kappa shape index (κ3) is 14.5. The van der Waals surface area contributed by atoms with E-state index in [2.05, 4.69) is 20.1 Å². The van der Waals surface area contributed by atoms with Crippen molar-refractivity contribution in [3.05, 3.63) is 0 Å². The standard InChI is InChI=1S/C6H12BN2O6.2CH4/c10-3-14-5(12)8-1-7-2-9-6(13)15-4-11;;/h10-11H,1-4H2,(H,8,12)(H,9,13);2*1H4. The minimum Gasteiger partial charge on any atom is -0.423 e. The van der Waals surface area contributed by atoms with Crippen molar-refractivity contribution >= 4 is 19.5 Å². The summed E-state index contributed by atoms with van der Waals surface area (Å²) in [6.45, 7) is -1.38. The Morgan fingerprint density at radius 3 is 1.59 bits per heavy atom. The van der Waals surface area contributed by atoms with Crippen molar-refractivity contribution in [2.75, 3.05) is 26.5 Å². The fraction of sp³-hybridized carbons (Fsp3) is 0.750. The Labute approximate surface area is 102 Å². The number of carbonyl (C=O) groups is 2. The quantitative estimate of drug-likeness (QED) is 0.280. The number of hydrogen-bond acceptors (Lipinski definition) is 6. The number of carbonyl (C=O) groups excluding carboxylic acids is 2. The van der Waals surface area contributed by atoms with Crippen LogP contribution in [0.3, 0.4) is 0 Å². The highest BCUT2D eigenvalue weighted by atomic mass is 16.6. The lowest BCUT2D eigenvalue weighted by Crippen LogP contribution is -2.35. The van der Waals surface area contributed by atoms with Crippen LogP contribution in [0, 0.1) is 0 Å². The smallest absolute Gasteiger partial charge is 0.408 e. The van der Waals surface area contributed by atoms with Crippen molar-refractivity contribution in [2.24, 2.45) is 0 Å². The molecule has 0 spiro atoms. The largest absolute Gasteiger partial charge is 0.423 e. The first-order valence-electron chi connectivity index (χ1n) is 4.05. The molecule has 0 rings (SSSR count). The zero-order valence-electron chi connectivity index (χ0n) is 7.93. The second-order valence-corrected chi connectivity index (χ2v) is 2.17. The van der Waals surface area contributed by atoms with Crippen molar-refractivity contribution in [2.45, 2.75) is 14.9 Å². The molecule has 0 aromatic carbocycles. The number of ether oxygens (including phenoxy) is 2. The van der Waals surface area contributed by atoms with Crippen LogP contribution in [-0.2, 0) is 9.47 Å². The molecule has 0 aromatic rings. The minimum absolute atomic E-state index is 0. The van der Waals surface area contributed by atoms with E-state index >= 15 is 0 Å². The molecule has 0 aliphatic rings. The van der Waals surface area contributed by atoms with Gasteiger partial charge in [-0.1, -0.05) is 14.9 Å². The van der Waals surface area contributed by atoms with Gasteiger partial charge < -0.3 is 30.3 Å². The van der Waals surface area contributed by atoms with Gasteiger partial charge >= 0.3 is 12.2 Å². The SMILES string of the molecule is C.C.O=C(NC[B]CNC(=O)OCO)OCO. The van der Waals surface area contributed by atoms with Crippen LogP contribution in [0.4, 0.5) is 9.59 Å².